The molecule has 1 atom stereocenters. The first-order valence-corrected chi connectivity index (χ1v) is 7.42. The molecule has 0 radical (unpaired) electrons. The van der Waals surface area contributed by atoms with Gasteiger partial charge < -0.3 is 0 Å². The smallest absolute Gasteiger partial charge is 0.240 e. The summed E-state index contributed by atoms with van der Waals surface area (Å²) in [6.45, 7) is 1.69. The molecular formula is C8H9F3N2O3S2. The molecule has 0 bridgehead atoms. The number of nitrogens with two attached hydrogens (primary N) is 1. The molecule has 5 nitrogen and oxygen atoms in total. The van der Waals surface area contributed by atoms with Gasteiger partial charge in [-0.1, -0.05) is 21.5 Å². The summed E-state index contributed by atoms with van der Waals surface area (Å²) in [5, 5.41) is 5.05. The number of rotatable bonds is 2. The molecule has 1 aromatic carbocycles. The number of sulfonamides is 1. The summed E-state index contributed by atoms with van der Waals surface area (Å²) >= 11 is 0. The minimum atomic E-state index is -5.89. The van der Waals surface area contributed by atoms with Crippen molar-refractivity contribution in [2.24, 2.45) is 8.91 Å². The first-order valence-electron chi connectivity index (χ1n) is 4.40. The van der Waals surface area contributed by atoms with E-state index in [-0.39, 0.29) is 4.90 Å². The second-order valence-corrected chi connectivity index (χ2v) is 7.00. The van der Waals surface area contributed by atoms with Crippen LogP contribution in [0.1, 0.15) is 5.56 Å². The van der Waals surface area contributed by atoms with Crippen molar-refractivity contribution in [2.45, 2.75) is 17.3 Å². The van der Waals surface area contributed by atoms with E-state index in [0.29, 0.717) is 0 Å². The molecule has 0 aliphatic heterocycles. The van der Waals surface area contributed by atoms with Crippen molar-refractivity contribution >= 4 is 19.9 Å². The lowest BCUT2D eigenvalue weighted by molar-refractivity contribution is -0.0434. The molecule has 2 N–H and O–H groups in total. The maximum Gasteiger partial charge on any atom is 0.519 e. The second kappa shape index (κ2) is 4.52. The Morgan fingerprint density at radius 3 is 1.94 bits per heavy atom. The van der Waals surface area contributed by atoms with Crippen LogP contribution in [0.25, 0.3) is 0 Å². The zero-order valence-corrected chi connectivity index (χ0v) is 10.6. The lowest BCUT2D eigenvalue weighted by Crippen LogP contribution is -2.24. The van der Waals surface area contributed by atoms with Gasteiger partial charge in [-0.25, -0.2) is 9.35 Å². The lowest BCUT2D eigenvalue weighted by Gasteiger charge is -2.07. The molecule has 0 aliphatic carbocycles. The number of hydrogen-bond donors (Lipinski definition) is 1. The average molecular weight is 302 g/mol. The Morgan fingerprint density at radius 2 is 1.56 bits per heavy atom. The van der Waals surface area contributed by atoms with E-state index >= 15 is 0 Å². The Balaban J connectivity index is 3.40. The maximum atomic E-state index is 12.1. The van der Waals surface area contributed by atoms with Crippen LogP contribution in [0.15, 0.2) is 32.9 Å². The minimum Gasteiger partial charge on any atom is -0.240 e. The standard InChI is InChI=1S/C8H9F3N2O3S2/c1-6-2-4-7(5-3-6)17(12,14)13-18(15,16)8(9,10)11/h2-5H,1H3,(H2,12,13,14). The van der Waals surface area contributed by atoms with Crippen molar-refractivity contribution in [3.63, 3.8) is 0 Å². The topological polar surface area (TPSA) is 89.6 Å². The van der Waals surface area contributed by atoms with Gasteiger partial charge in [0.2, 0.25) is 0 Å². The molecule has 10 heteroatoms. The van der Waals surface area contributed by atoms with Crippen LogP contribution in [-0.4, -0.2) is 18.1 Å². The summed E-state index contributed by atoms with van der Waals surface area (Å²) in [6, 6.07) is 5.18. The van der Waals surface area contributed by atoms with E-state index in [1.165, 1.54) is 12.1 Å². The van der Waals surface area contributed by atoms with Gasteiger partial charge in [0.1, 0.15) is 9.92 Å². The molecule has 18 heavy (non-hydrogen) atoms. The van der Waals surface area contributed by atoms with Crippen LogP contribution in [0.5, 0.6) is 0 Å². The number of halogens is 3. The van der Waals surface area contributed by atoms with Crippen molar-refractivity contribution in [1.29, 1.82) is 0 Å². The third-order valence-corrected chi connectivity index (χ3v) is 5.06. The largest absolute Gasteiger partial charge is 0.519 e. The van der Waals surface area contributed by atoms with Gasteiger partial charge in [-0.2, -0.15) is 21.6 Å². The highest BCUT2D eigenvalue weighted by atomic mass is 32.3. The van der Waals surface area contributed by atoms with Crippen molar-refractivity contribution < 1.29 is 25.8 Å². The third kappa shape index (κ3) is 3.21. The van der Waals surface area contributed by atoms with Gasteiger partial charge in [-0.15, -0.1) is 0 Å². The van der Waals surface area contributed by atoms with Crippen LogP contribution in [-0.2, 0) is 19.9 Å². The second-order valence-electron chi connectivity index (χ2n) is 3.38. The van der Waals surface area contributed by atoms with Gasteiger partial charge in [0, 0.05) is 0 Å². The quantitative estimate of drug-likeness (QED) is 0.898. The highest BCUT2D eigenvalue weighted by Gasteiger charge is 2.47. The van der Waals surface area contributed by atoms with Gasteiger partial charge in [-0.05, 0) is 19.1 Å². The van der Waals surface area contributed by atoms with Gasteiger partial charge in [0.25, 0.3) is 0 Å². The van der Waals surface area contributed by atoms with Crippen LogP contribution in [0.3, 0.4) is 0 Å². The molecule has 0 fully saturated rings. The Labute approximate surface area is 102 Å². The molecule has 1 aromatic rings. The van der Waals surface area contributed by atoms with Crippen molar-refractivity contribution in [1.82, 2.24) is 0 Å². The Hall–Kier alpha value is -1.13. The molecule has 0 aliphatic rings. The van der Waals surface area contributed by atoms with E-state index in [1.807, 2.05) is 0 Å². The zero-order valence-electron chi connectivity index (χ0n) is 9.01. The molecule has 0 amide bonds. The van der Waals surface area contributed by atoms with Crippen molar-refractivity contribution in [3.8, 4) is 0 Å². The van der Waals surface area contributed by atoms with Crippen molar-refractivity contribution in [3.05, 3.63) is 29.8 Å². The number of aryl methyl sites for hydroxylation is 1. The Kier molecular flexibility index (Phi) is 3.75. The van der Waals surface area contributed by atoms with E-state index in [9.17, 15) is 25.8 Å². The molecule has 0 aromatic heterocycles. The number of benzene rings is 1. The van der Waals surface area contributed by atoms with Gasteiger partial charge in [0.15, 0.2) is 0 Å². The van der Waals surface area contributed by atoms with Crippen LogP contribution >= 0.6 is 0 Å². The zero-order chi connectivity index (χ0) is 14.2. The fourth-order valence-electron chi connectivity index (χ4n) is 0.964. The number of hydrogen-bond acceptors (Lipinski definition) is 3. The number of nitrogens with zero attached hydrogens (tertiary/aromatic N) is 1. The predicted octanol–water partition coefficient (Wildman–Crippen LogP) is 1.55. The van der Waals surface area contributed by atoms with E-state index in [4.69, 9.17) is 5.14 Å². The minimum absolute atomic E-state index is 0.291. The highest BCUT2D eigenvalue weighted by molar-refractivity contribution is 8.02. The lowest BCUT2D eigenvalue weighted by atomic mass is 10.2. The summed E-state index contributed by atoms with van der Waals surface area (Å²) in [5.41, 5.74) is -4.88. The molecule has 0 spiro atoms. The Morgan fingerprint density at radius 1 is 1.11 bits per heavy atom. The molecule has 0 saturated carbocycles. The summed E-state index contributed by atoms with van der Waals surface area (Å²) in [5.74, 6) is 0. The van der Waals surface area contributed by atoms with Crippen LogP contribution in [0, 0.1) is 6.92 Å². The molecule has 102 valence electrons. The van der Waals surface area contributed by atoms with Crippen molar-refractivity contribution in [2.75, 3.05) is 0 Å². The van der Waals surface area contributed by atoms with E-state index in [0.717, 1.165) is 17.7 Å². The maximum absolute atomic E-state index is 12.1. The summed E-state index contributed by atoms with van der Waals surface area (Å²) in [7, 11) is -10.0. The van der Waals surface area contributed by atoms with Crippen LogP contribution in [0.2, 0.25) is 0 Å². The molecule has 1 unspecified atom stereocenters. The average Bonchev–Trinajstić information content (AvgIpc) is 2.14. The van der Waals surface area contributed by atoms with Crippen LogP contribution in [0.4, 0.5) is 13.2 Å². The third-order valence-electron chi connectivity index (χ3n) is 1.86. The first-order chi connectivity index (χ1) is 7.96. The van der Waals surface area contributed by atoms with E-state index in [2.05, 4.69) is 3.77 Å². The normalized spacial score (nSPS) is 16.1. The fraction of sp³-hybridized carbons (Fsp3) is 0.250. The highest BCUT2D eigenvalue weighted by Crippen LogP contribution is 2.26. The first kappa shape index (κ1) is 14.9. The summed E-state index contributed by atoms with van der Waals surface area (Å²) < 4.78 is 71.7. The Bertz CT molecular complexity index is 656. The van der Waals surface area contributed by atoms with Crippen LogP contribution < -0.4 is 5.14 Å². The molecular weight excluding hydrogens is 293 g/mol. The fourth-order valence-corrected chi connectivity index (χ4v) is 3.34. The van der Waals surface area contributed by atoms with Gasteiger partial charge in [-0.3, -0.25) is 0 Å². The number of alkyl halides is 3. The van der Waals surface area contributed by atoms with Gasteiger partial charge >= 0.3 is 15.5 Å². The SMILES string of the molecule is Cc1ccc(S(N)(=O)=NS(=O)(=O)C(F)(F)F)cc1. The monoisotopic (exact) mass is 302 g/mol. The van der Waals surface area contributed by atoms with Gasteiger partial charge in [0.05, 0.1) is 4.90 Å². The molecule has 0 heterocycles. The molecule has 0 saturated heterocycles. The van der Waals surface area contributed by atoms with E-state index in [1.54, 1.807) is 6.92 Å². The summed E-state index contributed by atoms with van der Waals surface area (Å²) in [6.07, 6.45) is 0. The predicted molar refractivity (Wildman–Crippen MR) is 59.2 cm³/mol. The molecule has 1 rings (SSSR count). The van der Waals surface area contributed by atoms with E-state index < -0.39 is 25.4 Å². The summed E-state index contributed by atoms with van der Waals surface area (Å²) in [4.78, 5) is -0.291.